The Kier molecular flexibility index (Phi) is 3.28. The monoisotopic (exact) mass is 230 g/mol. The Bertz CT molecular complexity index is 441. The van der Waals surface area contributed by atoms with Crippen molar-refractivity contribution >= 4 is 22.4 Å². The molecule has 0 radical (unpaired) electrons. The first-order chi connectivity index (χ1) is 7.79. The van der Waals surface area contributed by atoms with Crippen molar-refractivity contribution in [3.05, 3.63) is 71.8 Å². The van der Waals surface area contributed by atoms with Crippen LogP contribution in [0.3, 0.4) is 0 Å². The first kappa shape index (κ1) is 10.8. The van der Waals surface area contributed by atoms with Gasteiger partial charge in [0.25, 0.3) is 0 Å². The van der Waals surface area contributed by atoms with Crippen LogP contribution in [0, 0.1) is 0 Å². The van der Waals surface area contributed by atoms with Crippen LogP contribution in [-0.2, 0) is 0 Å². The smallest absolute Gasteiger partial charge is 0.141 e. The van der Waals surface area contributed by atoms with E-state index in [4.69, 9.17) is 11.6 Å². The molecule has 0 spiro atoms. The number of hydrogen-bond donors (Lipinski definition) is 1. The molecule has 0 aliphatic rings. The summed E-state index contributed by atoms with van der Waals surface area (Å²) in [5.41, 5.74) is 1.53. The van der Waals surface area contributed by atoms with Crippen molar-refractivity contribution in [1.29, 1.82) is 0 Å². The van der Waals surface area contributed by atoms with E-state index in [-0.39, 0.29) is 5.76 Å². The zero-order valence-corrected chi connectivity index (χ0v) is 9.35. The van der Waals surface area contributed by atoms with Gasteiger partial charge in [0.2, 0.25) is 0 Å². The van der Waals surface area contributed by atoms with Crippen molar-refractivity contribution in [2.45, 2.75) is 0 Å². The molecule has 2 heteroatoms. The summed E-state index contributed by atoms with van der Waals surface area (Å²) < 4.78 is 0. The summed E-state index contributed by atoms with van der Waals surface area (Å²) in [6.45, 7) is 0. The average molecular weight is 231 g/mol. The fraction of sp³-hybridized carbons (Fsp3) is 0. The SMILES string of the molecule is O/C(=C(/Cl)c1ccccc1)c1ccccc1. The molecule has 1 N–H and O–H groups in total. The zero-order chi connectivity index (χ0) is 11.4. The Balaban J connectivity index is 2.43. The standard InChI is InChI=1S/C14H11ClO/c15-13(11-7-3-1-4-8-11)14(16)12-9-5-2-6-10-12/h1-10,16H/b14-13+. The topological polar surface area (TPSA) is 20.2 Å². The van der Waals surface area contributed by atoms with Crippen LogP contribution in [0.15, 0.2) is 60.7 Å². The minimum atomic E-state index is 0.105. The molecule has 80 valence electrons. The first-order valence-corrected chi connectivity index (χ1v) is 5.36. The molecular weight excluding hydrogens is 220 g/mol. The molecule has 2 aromatic rings. The Hall–Kier alpha value is -1.73. The van der Waals surface area contributed by atoms with E-state index >= 15 is 0 Å². The maximum Gasteiger partial charge on any atom is 0.141 e. The molecule has 1 nitrogen and oxygen atoms in total. The van der Waals surface area contributed by atoms with Crippen molar-refractivity contribution in [3.8, 4) is 0 Å². The van der Waals surface area contributed by atoms with Gasteiger partial charge in [0, 0.05) is 5.56 Å². The molecule has 0 saturated carbocycles. The summed E-state index contributed by atoms with van der Waals surface area (Å²) in [4.78, 5) is 0. The molecule has 0 atom stereocenters. The highest BCUT2D eigenvalue weighted by Crippen LogP contribution is 2.27. The summed E-state index contributed by atoms with van der Waals surface area (Å²) in [5.74, 6) is 0.105. The van der Waals surface area contributed by atoms with Crippen molar-refractivity contribution in [2.24, 2.45) is 0 Å². The van der Waals surface area contributed by atoms with Crippen LogP contribution in [0.4, 0.5) is 0 Å². The Labute approximate surface area is 99.6 Å². The lowest BCUT2D eigenvalue weighted by Gasteiger charge is -2.04. The molecule has 0 bridgehead atoms. The van der Waals surface area contributed by atoms with Gasteiger partial charge in [0.1, 0.15) is 5.76 Å². The number of aliphatic hydroxyl groups is 1. The molecule has 2 rings (SSSR count). The van der Waals surface area contributed by atoms with Crippen LogP contribution in [0.2, 0.25) is 0 Å². The van der Waals surface area contributed by atoms with Gasteiger partial charge < -0.3 is 5.11 Å². The molecule has 0 fully saturated rings. The second-order valence-corrected chi connectivity index (χ2v) is 3.77. The van der Waals surface area contributed by atoms with Gasteiger partial charge in [-0.15, -0.1) is 0 Å². The normalized spacial score (nSPS) is 12.1. The summed E-state index contributed by atoms with van der Waals surface area (Å²) in [5, 5.41) is 10.4. The largest absolute Gasteiger partial charge is 0.506 e. The Morgan fingerprint density at radius 3 is 1.69 bits per heavy atom. The molecule has 0 unspecified atom stereocenters. The maximum absolute atomic E-state index is 9.99. The van der Waals surface area contributed by atoms with Crippen LogP contribution in [0.1, 0.15) is 11.1 Å². The Morgan fingerprint density at radius 2 is 1.19 bits per heavy atom. The number of hydrogen-bond acceptors (Lipinski definition) is 1. The number of rotatable bonds is 2. The quantitative estimate of drug-likeness (QED) is 0.602. The lowest BCUT2D eigenvalue weighted by atomic mass is 10.1. The van der Waals surface area contributed by atoms with E-state index in [2.05, 4.69) is 0 Å². The van der Waals surface area contributed by atoms with E-state index in [1.165, 1.54) is 0 Å². The van der Waals surface area contributed by atoms with Crippen molar-refractivity contribution in [1.82, 2.24) is 0 Å². The van der Waals surface area contributed by atoms with E-state index in [9.17, 15) is 5.11 Å². The lowest BCUT2D eigenvalue weighted by molar-refractivity contribution is 0.514. The highest BCUT2D eigenvalue weighted by Gasteiger charge is 2.06. The van der Waals surface area contributed by atoms with Gasteiger partial charge >= 0.3 is 0 Å². The molecule has 0 amide bonds. The molecule has 0 heterocycles. The van der Waals surface area contributed by atoms with Gasteiger partial charge in [-0.05, 0) is 5.56 Å². The minimum absolute atomic E-state index is 0.105. The third-order valence-corrected chi connectivity index (χ3v) is 2.68. The van der Waals surface area contributed by atoms with Gasteiger partial charge in [-0.3, -0.25) is 0 Å². The van der Waals surface area contributed by atoms with Crippen molar-refractivity contribution in [3.63, 3.8) is 0 Å². The van der Waals surface area contributed by atoms with E-state index in [0.29, 0.717) is 5.03 Å². The number of halogens is 1. The van der Waals surface area contributed by atoms with Gasteiger partial charge in [-0.1, -0.05) is 72.3 Å². The van der Waals surface area contributed by atoms with E-state index in [1.54, 1.807) is 0 Å². The van der Waals surface area contributed by atoms with Gasteiger partial charge in [-0.2, -0.15) is 0 Å². The Morgan fingerprint density at radius 1 is 0.750 bits per heavy atom. The van der Waals surface area contributed by atoms with Gasteiger partial charge in [0.15, 0.2) is 0 Å². The average Bonchev–Trinajstić information content (AvgIpc) is 2.39. The van der Waals surface area contributed by atoms with E-state index in [0.717, 1.165) is 11.1 Å². The van der Waals surface area contributed by atoms with Gasteiger partial charge in [0.05, 0.1) is 5.03 Å². The van der Waals surface area contributed by atoms with Crippen LogP contribution in [0.5, 0.6) is 0 Å². The lowest BCUT2D eigenvalue weighted by Crippen LogP contribution is -1.86. The zero-order valence-electron chi connectivity index (χ0n) is 8.60. The highest BCUT2D eigenvalue weighted by atomic mass is 35.5. The number of benzene rings is 2. The molecule has 2 aromatic carbocycles. The predicted octanol–water partition coefficient (Wildman–Crippen LogP) is 4.31. The fourth-order valence-corrected chi connectivity index (χ4v) is 1.68. The fourth-order valence-electron chi connectivity index (χ4n) is 1.44. The van der Waals surface area contributed by atoms with Crippen LogP contribution >= 0.6 is 11.6 Å². The third kappa shape index (κ3) is 2.26. The molecule has 16 heavy (non-hydrogen) atoms. The minimum Gasteiger partial charge on any atom is -0.506 e. The van der Waals surface area contributed by atoms with Gasteiger partial charge in [-0.25, -0.2) is 0 Å². The summed E-state index contributed by atoms with van der Waals surface area (Å²) in [7, 11) is 0. The first-order valence-electron chi connectivity index (χ1n) is 4.98. The molecule has 0 aromatic heterocycles. The predicted molar refractivity (Wildman–Crippen MR) is 68.2 cm³/mol. The summed E-state index contributed by atoms with van der Waals surface area (Å²) in [6.07, 6.45) is 0. The maximum atomic E-state index is 9.99. The number of aliphatic hydroxyl groups excluding tert-OH is 1. The van der Waals surface area contributed by atoms with Crippen LogP contribution in [0.25, 0.3) is 10.8 Å². The second kappa shape index (κ2) is 4.86. The van der Waals surface area contributed by atoms with Crippen molar-refractivity contribution < 1.29 is 5.11 Å². The molecule has 0 saturated heterocycles. The van der Waals surface area contributed by atoms with E-state index in [1.807, 2.05) is 60.7 Å². The van der Waals surface area contributed by atoms with Crippen molar-refractivity contribution in [2.75, 3.05) is 0 Å². The molecule has 0 aliphatic carbocycles. The van der Waals surface area contributed by atoms with Crippen LogP contribution < -0.4 is 0 Å². The second-order valence-electron chi connectivity index (χ2n) is 3.39. The molecular formula is C14H11ClO. The molecule has 0 aliphatic heterocycles. The summed E-state index contributed by atoms with van der Waals surface area (Å²) >= 11 is 6.12. The summed E-state index contributed by atoms with van der Waals surface area (Å²) in [6, 6.07) is 18.7. The highest BCUT2D eigenvalue weighted by molar-refractivity contribution is 6.52. The van der Waals surface area contributed by atoms with Crippen LogP contribution in [-0.4, -0.2) is 5.11 Å². The third-order valence-electron chi connectivity index (χ3n) is 2.28. The van der Waals surface area contributed by atoms with E-state index < -0.39 is 0 Å².